The van der Waals surface area contributed by atoms with E-state index in [1.807, 2.05) is 0 Å². The Bertz CT molecular complexity index is 252. The number of anilines is 1. The molecule has 4 nitrogen and oxygen atoms in total. The molecule has 0 saturated heterocycles. The van der Waals surface area contributed by atoms with Crippen LogP contribution in [0.2, 0.25) is 0 Å². The molecule has 0 unspecified atom stereocenters. The third-order valence-corrected chi connectivity index (χ3v) is 2.51. The number of rotatable bonds is 7. The predicted molar refractivity (Wildman–Crippen MR) is 58.6 cm³/mol. The minimum atomic E-state index is 0.493. The van der Waals surface area contributed by atoms with E-state index >= 15 is 0 Å². The number of unbranched alkanes of at least 4 members (excludes halogenated alkanes) is 2. The van der Waals surface area contributed by atoms with Crippen LogP contribution in [0.4, 0.5) is 5.13 Å². The van der Waals surface area contributed by atoms with Gasteiger partial charge in [0.25, 0.3) is 0 Å². The van der Waals surface area contributed by atoms with Gasteiger partial charge >= 0.3 is 0 Å². The number of nitrogens with one attached hydrogen (secondary N) is 1. The summed E-state index contributed by atoms with van der Waals surface area (Å²) in [4.78, 5) is 4.27. The molecule has 0 amide bonds. The molecular formula is C9H17N3OS. The Morgan fingerprint density at radius 2 is 2.29 bits per heavy atom. The van der Waals surface area contributed by atoms with Crippen molar-refractivity contribution in [3.05, 3.63) is 5.82 Å². The first-order valence-corrected chi connectivity index (χ1v) is 5.69. The Morgan fingerprint density at radius 3 is 3.00 bits per heavy atom. The maximum atomic E-state index is 4.94. The first kappa shape index (κ1) is 11.4. The Morgan fingerprint density at radius 1 is 1.43 bits per heavy atom. The molecule has 0 bridgehead atoms. The summed E-state index contributed by atoms with van der Waals surface area (Å²) in [5.74, 6) is 0.760. The third-order valence-electron chi connectivity index (χ3n) is 1.80. The second-order valence-electron chi connectivity index (χ2n) is 3.08. The molecule has 0 fully saturated rings. The van der Waals surface area contributed by atoms with Crippen molar-refractivity contribution in [2.75, 3.05) is 19.0 Å². The highest BCUT2D eigenvalue weighted by molar-refractivity contribution is 7.09. The van der Waals surface area contributed by atoms with E-state index in [2.05, 4.69) is 21.6 Å². The number of hydrogen-bond donors (Lipinski definition) is 1. The molecule has 14 heavy (non-hydrogen) atoms. The average Bonchev–Trinajstić information content (AvgIpc) is 2.61. The van der Waals surface area contributed by atoms with Gasteiger partial charge in [-0.15, -0.1) is 0 Å². The number of aromatic nitrogens is 2. The van der Waals surface area contributed by atoms with Crippen LogP contribution in [0.3, 0.4) is 0 Å². The summed E-state index contributed by atoms with van der Waals surface area (Å²) in [5, 5.41) is 4.14. The fourth-order valence-electron chi connectivity index (χ4n) is 1.08. The lowest BCUT2D eigenvalue weighted by Gasteiger charge is -1.99. The van der Waals surface area contributed by atoms with E-state index in [0.717, 1.165) is 17.5 Å². The monoisotopic (exact) mass is 215 g/mol. The van der Waals surface area contributed by atoms with Crippen molar-refractivity contribution in [2.24, 2.45) is 0 Å². The summed E-state index contributed by atoms with van der Waals surface area (Å²) in [6, 6.07) is 0. The summed E-state index contributed by atoms with van der Waals surface area (Å²) in [5.41, 5.74) is 0. The van der Waals surface area contributed by atoms with Crippen molar-refractivity contribution >= 4 is 16.7 Å². The van der Waals surface area contributed by atoms with Gasteiger partial charge < -0.3 is 10.1 Å². The van der Waals surface area contributed by atoms with E-state index in [-0.39, 0.29) is 0 Å². The number of methoxy groups -OCH3 is 1. The van der Waals surface area contributed by atoms with Crippen LogP contribution in [0, 0.1) is 0 Å². The molecule has 1 heterocycles. The largest absolute Gasteiger partial charge is 0.377 e. The van der Waals surface area contributed by atoms with Crippen molar-refractivity contribution in [2.45, 2.75) is 32.8 Å². The Hall–Kier alpha value is -0.680. The zero-order valence-electron chi connectivity index (χ0n) is 8.75. The van der Waals surface area contributed by atoms with Gasteiger partial charge in [-0.25, -0.2) is 4.98 Å². The standard InChI is InChI=1S/C9H17N3OS/c1-3-4-5-6-10-9-11-8(7-13-2)12-14-9/h3-7H2,1-2H3,(H,10,11,12). The smallest absolute Gasteiger partial charge is 0.202 e. The van der Waals surface area contributed by atoms with Gasteiger partial charge in [-0.05, 0) is 6.42 Å². The van der Waals surface area contributed by atoms with Crippen LogP contribution in [0.15, 0.2) is 0 Å². The third kappa shape index (κ3) is 4.02. The highest BCUT2D eigenvalue weighted by Gasteiger charge is 2.01. The SMILES string of the molecule is CCCCCNc1nc(COC)ns1. The van der Waals surface area contributed by atoms with Crippen LogP contribution in [-0.2, 0) is 11.3 Å². The first-order valence-electron chi connectivity index (χ1n) is 4.92. The lowest BCUT2D eigenvalue weighted by atomic mass is 10.2. The van der Waals surface area contributed by atoms with Gasteiger partial charge in [0.1, 0.15) is 6.61 Å². The van der Waals surface area contributed by atoms with Gasteiger partial charge in [0.05, 0.1) is 0 Å². The van der Waals surface area contributed by atoms with E-state index in [0.29, 0.717) is 6.61 Å². The molecule has 1 aromatic heterocycles. The normalized spacial score (nSPS) is 10.4. The van der Waals surface area contributed by atoms with Crippen LogP contribution < -0.4 is 5.32 Å². The Balaban J connectivity index is 2.22. The molecule has 0 aliphatic heterocycles. The summed E-state index contributed by atoms with van der Waals surface area (Å²) in [6.45, 7) is 3.67. The molecule has 80 valence electrons. The van der Waals surface area contributed by atoms with Crippen molar-refractivity contribution < 1.29 is 4.74 Å². The van der Waals surface area contributed by atoms with Crippen LogP contribution in [-0.4, -0.2) is 23.0 Å². The molecule has 1 aromatic rings. The van der Waals surface area contributed by atoms with Gasteiger partial charge in [0.15, 0.2) is 5.82 Å². The lowest BCUT2D eigenvalue weighted by molar-refractivity contribution is 0.179. The molecule has 0 aromatic carbocycles. The summed E-state index contributed by atoms with van der Waals surface area (Å²) >= 11 is 1.40. The molecule has 0 spiro atoms. The minimum absolute atomic E-state index is 0.493. The second-order valence-corrected chi connectivity index (χ2v) is 3.83. The summed E-state index contributed by atoms with van der Waals surface area (Å²) in [6.07, 6.45) is 3.69. The van der Waals surface area contributed by atoms with Crippen LogP contribution in [0.25, 0.3) is 0 Å². The summed E-state index contributed by atoms with van der Waals surface area (Å²) in [7, 11) is 1.65. The molecule has 1 N–H and O–H groups in total. The number of nitrogens with zero attached hydrogens (tertiary/aromatic N) is 2. The molecule has 0 aliphatic carbocycles. The molecule has 0 atom stereocenters. The van der Waals surface area contributed by atoms with Crippen LogP contribution in [0.5, 0.6) is 0 Å². The molecule has 5 heteroatoms. The fourth-order valence-corrected chi connectivity index (χ4v) is 1.68. The van der Waals surface area contributed by atoms with Gasteiger partial charge in [-0.3, -0.25) is 0 Å². The molecule has 1 rings (SSSR count). The number of ether oxygens (including phenoxy) is 1. The average molecular weight is 215 g/mol. The minimum Gasteiger partial charge on any atom is -0.377 e. The summed E-state index contributed by atoms with van der Waals surface area (Å²) < 4.78 is 9.09. The van der Waals surface area contributed by atoms with Gasteiger partial charge in [0, 0.05) is 25.2 Å². The Kier molecular flexibility index (Phi) is 5.47. The van der Waals surface area contributed by atoms with Crippen molar-refractivity contribution in [1.82, 2.24) is 9.36 Å². The van der Waals surface area contributed by atoms with Crippen LogP contribution in [0.1, 0.15) is 32.0 Å². The molecule has 0 saturated carbocycles. The predicted octanol–water partition coefficient (Wildman–Crippen LogP) is 2.29. The lowest BCUT2D eigenvalue weighted by Crippen LogP contribution is -2.01. The topological polar surface area (TPSA) is 47.0 Å². The van der Waals surface area contributed by atoms with E-state index < -0.39 is 0 Å². The van der Waals surface area contributed by atoms with Gasteiger partial charge in [0.2, 0.25) is 5.13 Å². The van der Waals surface area contributed by atoms with Crippen LogP contribution >= 0.6 is 11.5 Å². The van der Waals surface area contributed by atoms with E-state index in [4.69, 9.17) is 4.74 Å². The van der Waals surface area contributed by atoms with Gasteiger partial charge in [-0.2, -0.15) is 4.37 Å². The van der Waals surface area contributed by atoms with E-state index in [1.54, 1.807) is 7.11 Å². The fraction of sp³-hybridized carbons (Fsp3) is 0.778. The molecule has 0 radical (unpaired) electrons. The van der Waals surface area contributed by atoms with Crippen molar-refractivity contribution in [3.8, 4) is 0 Å². The quantitative estimate of drug-likeness (QED) is 0.709. The molecular weight excluding hydrogens is 198 g/mol. The van der Waals surface area contributed by atoms with Crippen molar-refractivity contribution in [1.29, 1.82) is 0 Å². The maximum absolute atomic E-state index is 4.94. The first-order chi connectivity index (χ1) is 6.86. The highest BCUT2D eigenvalue weighted by Crippen LogP contribution is 2.11. The number of hydrogen-bond acceptors (Lipinski definition) is 5. The zero-order chi connectivity index (χ0) is 10.2. The highest BCUT2D eigenvalue weighted by atomic mass is 32.1. The molecule has 0 aliphatic rings. The Labute approximate surface area is 88.9 Å². The maximum Gasteiger partial charge on any atom is 0.202 e. The second kappa shape index (κ2) is 6.73. The van der Waals surface area contributed by atoms with Crippen molar-refractivity contribution in [3.63, 3.8) is 0 Å². The van der Waals surface area contributed by atoms with Gasteiger partial charge in [-0.1, -0.05) is 19.8 Å². The van der Waals surface area contributed by atoms with E-state index in [1.165, 1.54) is 30.8 Å². The van der Waals surface area contributed by atoms with E-state index in [9.17, 15) is 0 Å². The zero-order valence-corrected chi connectivity index (χ0v) is 9.56.